The molecular weight excluding hydrogens is 358 g/mol. The molecular formula is C21H21N3O4. The average molecular weight is 379 g/mol. The molecule has 0 unspecified atom stereocenters. The Morgan fingerprint density at radius 3 is 2.25 bits per heavy atom. The number of esters is 1. The minimum absolute atomic E-state index is 0.0384. The minimum Gasteiger partial charge on any atom is -0.442 e. The SMILES string of the molecule is CCN(CC)C(=O)[C@H](OC(=O)c1n[nH]c(=O)c2ccccc12)c1ccccc1. The fourth-order valence-corrected chi connectivity index (χ4v) is 3.02. The number of rotatable bonds is 6. The molecule has 0 bridgehead atoms. The first-order valence-corrected chi connectivity index (χ1v) is 9.09. The zero-order valence-corrected chi connectivity index (χ0v) is 15.7. The van der Waals surface area contributed by atoms with Crippen molar-refractivity contribution in [2.75, 3.05) is 13.1 Å². The van der Waals surface area contributed by atoms with Gasteiger partial charge in [-0.2, -0.15) is 5.10 Å². The number of ether oxygens (including phenoxy) is 1. The molecule has 0 aliphatic heterocycles. The summed E-state index contributed by atoms with van der Waals surface area (Å²) >= 11 is 0. The van der Waals surface area contributed by atoms with Crippen LogP contribution in [0.25, 0.3) is 10.8 Å². The number of nitrogens with one attached hydrogen (secondary N) is 1. The van der Waals surface area contributed by atoms with E-state index in [0.717, 1.165) is 0 Å². The summed E-state index contributed by atoms with van der Waals surface area (Å²) in [6.07, 6.45) is -1.10. The number of nitrogens with zero attached hydrogens (tertiary/aromatic N) is 2. The molecule has 0 saturated heterocycles. The molecule has 28 heavy (non-hydrogen) atoms. The molecule has 0 aliphatic carbocycles. The molecule has 0 saturated carbocycles. The van der Waals surface area contributed by atoms with Crippen LogP contribution >= 0.6 is 0 Å². The molecule has 1 N–H and O–H groups in total. The molecule has 1 amide bonds. The summed E-state index contributed by atoms with van der Waals surface area (Å²) in [6.45, 7) is 4.72. The van der Waals surface area contributed by atoms with Crippen LogP contribution in [0.1, 0.15) is 36.0 Å². The second-order valence-electron chi connectivity index (χ2n) is 6.15. The van der Waals surface area contributed by atoms with Crippen molar-refractivity contribution in [3.63, 3.8) is 0 Å². The van der Waals surface area contributed by atoms with Crippen molar-refractivity contribution in [1.29, 1.82) is 0 Å². The summed E-state index contributed by atoms with van der Waals surface area (Å²) in [5, 5.41) is 6.87. The molecule has 7 nitrogen and oxygen atoms in total. The van der Waals surface area contributed by atoms with E-state index in [-0.39, 0.29) is 11.6 Å². The standard InChI is InChI=1S/C21H21N3O4/c1-3-24(4-2)20(26)18(14-10-6-5-7-11-14)28-21(27)17-15-12-8-9-13-16(15)19(25)23-22-17/h5-13,18H,3-4H2,1-2H3,(H,23,25)/t18-/m1/s1. The summed E-state index contributed by atoms with van der Waals surface area (Å²) in [5.41, 5.74) is 0.135. The Balaban J connectivity index is 2.00. The van der Waals surface area contributed by atoms with Crippen LogP contribution in [0.2, 0.25) is 0 Å². The Labute approximate surface area is 161 Å². The third kappa shape index (κ3) is 3.78. The van der Waals surface area contributed by atoms with Crippen LogP contribution in [-0.4, -0.2) is 40.1 Å². The van der Waals surface area contributed by atoms with E-state index in [1.807, 2.05) is 19.9 Å². The number of fused-ring (bicyclic) bond motifs is 1. The van der Waals surface area contributed by atoms with E-state index in [1.165, 1.54) is 0 Å². The van der Waals surface area contributed by atoms with Crippen molar-refractivity contribution in [2.24, 2.45) is 0 Å². The van der Waals surface area contributed by atoms with Gasteiger partial charge in [0.25, 0.3) is 11.5 Å². The molecule has 3 rings (SSSR count). The van der Waals surface area contributed by atoms with Gasteiger partial charge in [0.2, 0.25) is 6.10 Å². The number of likely N-dealkylation sites (N-methyl/N-ethyl adjacent to an activating group) is 1. The fraction of sp³-hybridized carbons (Fsp3) is 0.238. The minimum atomic E-state index is -1.10. The van der Waals surface area contributed by atoms with Crippen molar-refractivity contribution in [3.8, 4) is 0 Å². The first kappa shape index (κ1) is 19.3. The normalized spacial score (nSPS) is 11.8. The summed E-state index contributed by atoms with van der Waals surface area (Å²) in [4.78, 5) is 39.4. The van der Waals surface area contributed by atoms with Crippen LogP contribution in [-0.2, 0) is 9.53 Å². The van der Waals surface area contributed by atoms with Crippen molar-refractivity contribution in [3.05, 3.63) is 76.2 Å². The molecule has 3 aromatic rings. The molecule has 7 heteroatoms. The van der Waals surface area contributed by atoms with E-state index in [2.05, 4.69) is 10.2 Å². The largest absolute Gasteiger partial charge is 0.442 e. The molecule has 0 radical (unpaired) electrons. The number of carbonyl (C=O) groups is 2. The molecule has 1 atom stereocenters. The number of carbonyl (C=O) groups excluding carboxylic acids is 2. The van der Waals surface area contributed by atoms with Crippen molar-refractivity contribution >= 4 is 22.6 Å². The second kappa shape index (κ2) is 8.47. The van der Waals surface area contributed by atoms with Gasteiger partial charge in [0.05, 0.1) is 5.39 Å². The van der Waals surface area contributed by atoms with E-state index < -0.39 is 17.6 Å². The predicted molar refractivity (Wildman–Crippen MR) is 105 cm³/mol. The maximum Gasteiger partial charge on any atom is 0.360 e. The van der Waals surface area contributed by atoms with Gasteiger partial charge in [0.1, 0.15) is 0 Å². The zero-order chi connectivity index (χ0) is 20.1. The number of benzene rings is 2. The Morgan fingerprint density at radius 1 is 1.00 bits per heavy atom. The molecule has 0 aliphatic rings. The maximum atomic E-state index is 13.0. The van der Waals surface area contributed by atoms with Crippen molar-refractivity contribution < 1.29 is 14.3 Å². The van der Waals surface area contributed by atoms with Crippen LogP contribution in [0.3, 0.4) is 0 Å². The topological polar surface area (TPSA) is 92.4 Å². The maximum absolute atomic E-state index is 13.0. The number of aromatic nitrogens is 2. The van der Waals surface area contributed by atoms with Crippen molar-refractivity contribution in [1.82, 2.24) is 15.1 Å². The first-order valence-electron chi connectivity index (χ1n) is 9.09. The van der Waals surface area contributed by atoms with Gasteiger partial charge in [-0.15, -0.1) is 0 Å². The summed E-state index contributed by atoms with van der Waals surface area (Å²) < 4.78 is 5.60. The number of amides is 1. The number of H-pyrrole nitrogens is 1. The molecule has 0 fully saturated rings. The molecule has 1 heterocycles. The third-order valence-electron chi connectivity index (χ3n) is 4.52. The van der Waals surface area contributed by atoms with Crippen LogP contribution in [0.15, 0.2) is 59.4 Å². The Hall–Kier alpha value is -3.48. The molecule has 1 aromatic heterocycles. The van der Waals surface area contributed by atoms with Crippen LogP contribution in [0.5, 0.6) is 0 Å². The predicted octanol–water partition coefficient (Wildman–Crippen LogP) is 2.69. The quantitative estimate of drug-likeness (QED) is 0.665. The van der Waals surface area contributed by atoms with E-state index in [0.29, 0.717) is 29.4 Å². The average Bonchev–Trinajstić information content (AvgIpc) is 2.73. The summed E-state index contributed by atoms with van der Waals surface area (Å²) in [6, 6.07) is 15.5. The lowest BCUT2D eigenvalue weighted by molar-refractivity contribution is -0.140. The molecule has 144 valence electrons. The highest BCUT2D eigenvalue weighted by atomic mass is 16.5. The summed E-state index contributed by atoms with van der Waals surface area (Å²) in [5.74, 6) is -1.08. The van der Waals surface area contributed by atoms with Crippen LogP contribution in [0.4, 0.5) is 0 Å². The lowest BCUT2D eigenvalue weighted by Crippen LogP contribution is -2.37. The van der Waals surface area contributed by atoms with Gasteiger partial charge in [0, 0.05) is 24.0 Å². The van der Waals surface area contributed by atoms with E-state index in [9.17, 15) is 14.4 Å². The lowest BCUT2D eigenvalue weighted by atomic mass is 10.1. The van der Waals surface area contributed by atoms with Gasteiger partial charge < -0.3 is 9.64 Å². The Morgan fingerprint density at radius 2 is 1.61 bits per heavy atom. The van der Waals surface area contributed by atoms with Gasteiger partial charge in [-0.25, -0.2) is 9.89 Å². The third-order valence-corrected chi connectivity index (χ3v) is 4.52. The van der Waals surface area contributed by atoms with Crippen molar-refractivity contribution in [2.45, 2.75) is 20.0 Å². The fourth-order valence-electron chi connectivity index (χ4n) is 3.02. The van der Waals surface area contributed by atoms with Gasteiger partial charge in [-0.05, 0) is 19.9 Å². The molecule has 2 aromatic carbocycles. The highest BCUT2D eigenvalue weighted by Crippen LogP contribution is 2.23. The smallest absolute Gasteiger partial charge is 0.360 e. The monoisotopic (exact) mass is 379 g/mol. The molecule has 0 spiro atoms. The second-order valence-corrected chi connectivity index (χ2v) is 6.15. The van der Waals surface area contributed by atoms with Gasteiger partial charge in [-0.1, -0.05) is 48.5 Å². The number of aromatic amines is 1. The zero-order valence-electron chi connectivity index (χ0n) is 15.7. The highest BCUT2D eigenvalue weighted by molar-refractivity contribution is 6.02. The van der Waals surface area contributed by atoms with Crippen LogP contribution < -0.4 is 5.56 Å². The van der Waals surface area contributed by atoms with E-state index in [1.54, 1.807) is 53.4 Å². The van der Waals surface area contributed by atoms with Gasteiger partial charge in [0.15, 0.2) is 5.69 Å². The number of hydrogen-bond donors (Lipinski definition) is 1. The van der Waals surface area contributed by atoms with Gasteiger partial charge >= 0.3 is 5.97 Å². The Bertz CT molecular complexity index is 1040. The first-order chi connectivity index (χ1) is 13.6. The lowest BCUT2D eigenvalue weighted by Gasteiger charge is -2.25. The van der Waals surface area contributed by atoms with Gasteiger partial charge in [-0.3, -0.25) is 9.59 Å². The van der Waals surface area contributed by atoms with E-state index >= 15 is 0 Å². The van der Waals surface area contributed by atoms with E-state index in [4.69, 9.17) is 4.74 Å². The highest BCUT2D eigenvalue weighted by Gasteiger charge is 2.30. The van der Waals surface area contributed by atoms with Crippen LogP contribution in [0, 0.1) is 0 Å². The number of hydrogen-bond acceptors (Lipinski definition) is 5. The Kier molecular flexibility index (Phi) is 5.84. The summed E-state index contributed by atoms with van der Waals surface area (Å²) in [7, 11) is 0.